The third-order valence-electron chi connectivity index (χ3n) is 4.88. The molecule has 0 aromatic carbocycles. The summed E-state index contributed by atoms with van der Waals surface area (Å²) in [6.07, 6.45) is 5.36. The molecule has 2 N–H and O–H groups in total. The van der Waals surface area contributed by atoms with E-state index in [2.05, 4.69) is 27.0 Å². The molecule has 0 unspecified atom stereocenters. The van der Waals surface area contributed by atoms with Gasteiger partial charge in [0, 0.05) is 37.5 Å². The quantitative estimate of drug-likeness (QED) is 0.780. The molecule has 1 aromatic rings. The van der Waals surface area contributed by atoms with E-state index >= 15 is 0 Å². The second-order valence-corrected chi connectivity index (χ2v) is 7.48. The lowest BCUT2D eigenvalue weighted by molar-refractivity contribution is -0.121. The monoisotopic (exact) mass is 393 g/mol. The molecule has 1 amide bonds. The smallest absolute Gasteiger partial charge is 0.220 e. The summed E-state index contributed by atoms with van der Waals surface area (Å²) in [6.45, 7) is 6.15. The first-order valence-corrected chi connectivity index (χ1v) is 9.44. The van der Waals surface area contributed by atoms with Crippen LogP contribution in [-0.2, 0) is 17.8 Å². The van der Waals surface area contributed by atoms with Gasteiger partial charge in [0.15, 0.2) is 0 Å². The van der Waals surface area contributed by atoms with Crippen LogP contribution in [0.15, 0.2) is 11.4 Å². The van der Waals surface area contributed by atoms with E-state index in [1.54, 1.807) is 4.88 Å². The Balaban J connectivity index is 0.00000144. The molecular formula is C17H29Cl2N3OS. The second kappa shape index (κ2) is 11.3. The first-order valence-electron chi connectivity index (χ1n) is 8.56. The van der Waals surface area contributed by atoms with Crippen molar-refractivity contribution in [1.29, 1.82) is 0 Å². The lowest BCUT2D eigenvalue weighted by Gasteiger charge is -2.26. The van der Waals surface area contributed by atoms with Gasteiger partial charge in [0.25, 0.3) is 0 Å². The number of nitrogens with one attached hydrogen (secondary N) is 2. The van der Waals surface area contributed by atoms with E-state index in [1.807, 2.05) is 11.3 Å². The van der Waals surface area contributed by atoms with Crippen LogP contribution in [0.1, 0.15) is 36.1 Å². The Labute approximate surface area is 161 Å². The van der Waals surface area contributed by atoms with Crippen LogP contribution in [0.2, 0.25) is 0 Å². The third-order valence-corrected chi connectivity index (χ3v) is 5.90. The van der Waals surface area contributed by atoms with Crippen LogP contribution in [0.3, 0.4) is 0 Å². The average Bonchev–Trinajstić information content (AvgIpc) is 3.02. The van der Waals surface area contributed by atoms with E-state index in [0.29, 0.717) is 6.42 Å². The summed E-state index contributed by atoms with van der Waals surface area (Å²) in [7, 11) is 0. The SMILES string of the molecule is Cl.Cl.O=C(CCC1CCNCC1)NCCN1CCc2sccc2C1. The molecule has 0 bridgehead atoms. The van der Waals surface area contributed by atoms with Crippen LogP contribution in [0, 0.1) is 5.92 Å². The summed E-state index contributed by atoms with van der Waals surface area (Å²) in [4.78, 5) is 15.9. The van der Waals surface area contributed by atoms with Gasteiger partial charge >= 0.3 is 0 Å². The number of carbonyl (C=O) groups is 1. The van der Waals surface area contributed by atoms with Crippen molar-refractivity contribution in [2.45, 2.75) is 38.6 Å². The highest BCUT2D eigenvalue weighted by molar-refractivity contribution is 7.10. The van der Waals surface area contributed by atoms with Gasteiger partial charge in [-0.3, -0.25) is 9.69 Å². The van der Waals surface area contributed by atoms with Crippen molar-refractivity contribution < 1.29 is 4.79 Å². The molecule has 0 saturated carbocycles. The van der Waals surface area contributed by atoms with Gasteiger partial charge in [0.1, 0.15) is 0 Å². The molecule has 1 fully saturated rings. The first kappa shape index (κ1) is 21.7. The number of hydrogen-bond acceptors (Lipinski definition) is 4. The lowest BCUT2D eigenvalue weighted by atomic mass is 9.93. The summed E-state index contributed by atoms with van der Waals surface area (Å²) in [5, 5.41) is 8.66. The molecule has 0 atom stereocenters. The second-order valence-electron chi connectivity index (χ2n) is 6.48. The highest BCUT2D eigenvalue weighted by Crippen LogP contribution is 2.23. The Bertz CT molecular complexity index is 492. The largest absolute Gasteiger partial charge is 0.355 e. The lowest BCUT2D eigenvalue weighted by Crippen LogP contribution is -2.37. The molecule has 0 aliphatic carbocycles. The zero-order valence-electron chi connectivity index (χ0n) is 14.1. The van der Waals surface area contributed by atoms with Gasteiger partial charge in [0.2, 0.25) is 5.91 Å². The van der Waals surface area contributed by atoms with Gasteiger partial charge in [-0.15, -0.1) is 36.2 Å². The van der Waals surface area contributed by atoms with E-state index < -0.39 is 0 Å². The zero-order chi connectivity index (χ0) is 15.2. The summed E-state index contributed by atoms with van der Waals surface area (Å²) in [5.74, 6) is 0.970. The number of hydrogen-bond donors (Lipinski definition) is 2. The van der Waals surface area contributed by atoms with Gasteiger partial charge in [-0.2, -0.15) is 0 Å². The molecule has 0 radical (unpaired) electrons. The number of carbonyl (C=O) groups excluding carboxylic acids is 1. The maximum atomic E-state index is 11.9. The van der Waals surface area contributed by atoms with E-state index in [1.165, 1.54) is 18.4 Å². The van der Waals surface area contributed by atoms with Crippen molar-refractivity contribution in [3.63, 3.8) is 0 Å². The highest BCUT2D eigenvalue weighted by Gasteiger charge is 2.17. The Morgan fingerprint density at radius 3 is 2.92 bits per heavy atom. The fourth-order valence-corrected chi connectivity index (χ4v) is 4.33. The van der Waals surface area contributed by atoms with Gasteiger partial charge in [-0.1, -0.05) is 0 Å². The minimum Gasteiger partial charge on any atom is -0.355 e. The van der Waals surface area contributed by atoms with Crippen LogP contribution in [0.25, 0.3) is 0 Å². The van der Waals surface area contributed by atoms with Crippen molar-refractivity contribution in [2.75, 3.05) is 32.7 Å². The van der Waals surface area contributed by atoms with Crippen LogP contribution >= 0.6 is 36.2 Å². The molecule has 138 valence electrons. The van der Waals surface area contributed by atoms with Gasteiger partial charge in [0.05, 0.1) is 0 Å². The van der Waals surface area contributed by atoms with Crippen LogP contribution in [0.4, 0.5) is 0 Å². The predicted octanol–water partition coefficient (Wildman–Crippen LogP) is 2.85. The number of rotatable bonds is 6. The molecule has 3 heterocycles. The fourth-order valence-electron chi connectivity index (χ4n) is 3.45. The predicted molar refractivity (Wildman–Crippen MR) is 106 cm³/mol. The Morgan fingerprint density at radius 2 is 2.12 bits per heavy atom. The third kappa shape index (κ3) is 6.52. The molecule has 2 aliphatic rings. The van der Waals surface area contributed by atoms with Crippen LogP contribution in [-0.4, -0.2) is 43.5 Å². The van der Waals surface area contributed by atoms with Crippen LogP contribution < -0.4 is 10.6 Å². The molecule has 1 aromatic heterocycles. The van der Waals surface area contributed by atoms with Crippen molar-refractivity contribution in [3.8, 4) is 0 Å². The van der Waals surface area contributed by atoms with E-state index in [-0.39, 0.29) is 30.7 Å². The standard InChI is InChI=1S/C17H27N3OS.2ClH/c21-17(2-1-14-3-7-18-8-4-14)19-9-11-20-10-5-16-15(13-20)6-12-22-16;;/h6,12,14,18H,1-5,7-11,13H2,(H,19,21);2*1H. The topological polar surface area (TPSA) is 44.4 Å². The average molecular weight is 394 g/mol. The number of thiophene rings is 1. The van der Waals surface area contributed by atoms with Crippen molar-refractivity contribution >= 4 is 42.1 Å². The van der Waals surface area contributed by atoms with E-state index in [9.17, 15) is 4.79 Å². The Kier molecular flexibility index (Phi) is 10.2. The summed E-state index contributed by atoms with van der Waals surface area (Å²) in [6, 6.07) is 2.24. The summed E-state index contributed by atoms with van der Waals surface area (Å²) < 4.78 is 0. The number of fused-ring (bicyclic) bond motifs is 1. The normalized spacial score (nSPS) is 18.2. The van der Waals surface area contributed by atoms with Crippen molar-refractivity contribution in [1.82, 2.24) is 15.5 Å². The fraction of sp³-hybridized carbons (Fsp3) is 0.706. The molecule has 0 spiro atoms. The summed E-state index contributed by atoms with van der Waals surface area (Å²) in [5.41, 5.74) is 1.48. The molecule has 3 rings (SSSR count). The minimum atomic E-state index is 0. The van der Waals surface area contributed by atoms with Crippen molar-refractivity contribution in [3.05, 3.63) is 21.9 Å². The number of piperidine rings is 1. The molecule has 4 nitrogen and oxygen atoms in total. The van der Waals surface area contributed by atoms with Gasteiger partial charge in [-0.25, -0.2) is 0 Å². The molecular weight excluding hydrogens is 365 g/mol. The zero-order valence-corrected chi connectivity index (χ0v) is 16.5. The van der Waals surface area contributed by atoms with Gasteiger partial charge in [-0.05, 0) is 61.7 Å². The first-order chi connectivity index (χ1) is 10.8. The Morgan fingerprint density at radius 1 is 1.33 bits per heavy atom. The van der Waals surface area contributed by atoms with Crippen LogP contribution in [0.5, 0.6) is 0 Å². The van der Waals surface area contributed by atoms with E-state index in [4.69, 9.17) is 0 Å². The number of halogens is 2. The number of nitrogens with zero attached hydrogens (tertiary/aromatic N) is 1. The molecule has 24 heavy (non-hydrogen) atoms. The maximum Gasteiger partial charge on any atom is 0.220 e. The number of amides is 1. The minimum absolute atomic E-state index is 0. The van der Waals surface area contributed by atoms with E-state index in [0.717, 1.165) is 58.0 Å². The van der Waals surface area contributed by atoms with Crippen molar-refractivity contribution in [2.24, 2.45) is 5.92 Å². The Hall–Kier alpha value is -0.330. The maximum absolute atomic E-state index is 11.9. The highest BCUT2D eigenvalue weighted by atomic mass is 35.5. The summed E-state index contributed by atoms with van der Waals surface area (Å²) >= 11 is 1.88. The van der Waals surface area contributed by atoms with Gasteiger partial charge < -0.3 is 10.6 Å². The molecule has 7 heteroatoms. The molecule has 1 saturated heterocycles. The molecule has 2 aliphatic heterocycles.